The van der Waals surface area contributed by atoms with Crippen LogP contribution in [-0.4, -0.2) is 36.5 Å². The van der Waals surface area contributed by atoms with Gasteiger partial charge in [-0.3, -0.25) is 9.59 Å². The van der Waals surface area contributed by atoms with Crippen molar-refractivity contribution in [1.29, 1.82) is 0 Å². The average Bonchev–Trinajstić information content (AvgIpc) is 3.28. The summed E-state index contributed by atoms with van der Waals surface area (Å²) < 4.78 is 36.1. The molecule has 1 fully saturated rings. The van der Waals surface area contributed by atoms with Crippen LogP contribution in [0.5, 0.6) is 0 Å². The molecular weight excluding hydrogens is 297 g/mol. The number of benzene rings is 1. The average molecular weight is 314 g/mol. The molecule has 1 N–H and O–H groups in total. The first-order valence-corrected chi connectivity index (χ1v) is 6.95. The summed E-state index contributed by atoms with van der Waals surface area (Å²) in [4.78, 5) is 25.0. The Morgan fingerprint density at radius 2 is 1.82 bits per heavy atom. The first-order valence-electron chi connectivity index (χ1n) is 6.95. The second-order valence-corrected chi connectivity index (χ2v) is 5.46. The highest BCUT2D eigenvalue weighted by Gasteiger charge is 2.32. The summed E-state index contributed by atoms with van der Waals surface area (Å²) in [7, 11) is 1.71. The van der Waals surface area contributed by atoms with E-state index in [1.54, 1.807) is 24.1 Å². The fourth-order valence-corrected chi connectivity index (χ4v) is 2.04. The summed E-state index contributed by atoms with van der Waals surface area (Å²) in [5.41, 5.74) is 0.980. The van der Waals surface area contributed by atoms with E-state index in [2.05, 4.69) is 0 Å². The van der Waals surface area contributed by atoms with Gasteiger partial charge in [0, 0.05) is 25.1 Å². The number of hydrogen-bond donors (Lipinski definition) is 1. The van der Waals surface area contributed by atoms with Crippen LogP contribution < -0.4 is 5.32 Å². The Morgan fingerprint density at radius 1 is 1.23 bits per heavy atom. The van der Waals surface area contributed by atoms with Crippen LogP contribution in [0.4, 0.5) is 13.2 Å². The van der Waals surface area contributed by atoms with Gasteiger partial charge in [0.2, 0.25) is 5.91 Å². The molecule has 1 aliphatic carbocycles. The smallest absolute Gasteiger partial charge is 0.343 e. The fourth-order valence-electron chi connectivity index (χ4n) is 2.04. The molecule has 22 heavy (non-hydrogen) atoms. The number of nitrogens with one attached hydrogen (secondary N) is 1. The topological polar surface area (TPSA) is 49.4 Å². The molecule has 0 unspecified atom stereocenters. The largest absolute Gasteiger partial charge is 0.405 e. The molecule has 0 aliphatic heterocycles. The number of amides is 2. The zero-order valence-corrected chi connectivity index (χ0v) is 12.1. The summed E-state index contributed by atoms with van der Waals surface area (Å²) in [6.07, 6.45) is -2.57. The third-order valence-corrected chi connectivity index (χ3v) is 3.39. The molecule has 0 heterocycles. The summed E-state index contributed by atoms with van der Waals surface area (Å²) in [6, 6.07) is 6.19. The molecule has 1 aromatic carbocycles. The standard InChI is InChI=1S/C15H17F3N2O2/c1-20(14(22)12-6-7-12)8-10-2-4-11(5-3-10)13(21)19-9-15(16,17)18/h2-5,12H,6-9H2,1H3,(H,19,21). The highest BCUT2D eigenvalue weighted by atomic mass is 19.4. The molecule has 0 radical (unpaired) electrons. The van der Waals surface area contributed by atoms with Crippen LogP contribution in [0.2, 0.25) is 0 Å². The minimum absolute atomic E-state index is 0.104. The normalized spacial score (nSPS) is 14.5. The van der Waals surface area contributed by atoms with Gasteiger partial charge in [-0.2, -0.15) is 13.2 Å². The van der Waals surface area contributed by atoms with Crippen LogP contribution in [0.15, 0.2) is 24.3 Å². The number of nitrogens with zero attached hydrogens (tertiary/aromatic N) is 1. The van der Waals surface area contributed by atoms with E-state index >= 15 is 0 Å². The Kier molecular flexibility index (Phi) is 4.73. The summed E-state index contributed by atoms with van der Waals surface area (Å²) in [5, 5.41) is 1.81. The van der Waals surface area contributed by atoms with Crippen LogP contribution in [0.3, 0.4) is 0 Å². The van der Waals surface area contributed by atoms with Gasteiger partial charge < -0.3 is 10.2 Å². The number of alkyl halides is 3. The molecule has 1 saturated carbocycles. The third kappa shape index (κ3) is 4.75. The van der Waals surface area contributed by atoms with E-state index in [1.165, 1.54) is 12.1 Å². The van der Waals surface area contributed by atoms with E-state index in [9.17, 15) is 22.8 Å². The summed E-state index contributed by atoms with van der Waals surface area (Å²) in [6.45, 7) is -0.938. The van der Waals surface area contributed by atoms with Crippen LogP contribution >= 0.6 is 0 Å². The van der Waals surface area contributed by atoms with Crippen molar-refractivity contribution in [3.05, 3.63) is 35.4 Å². The van der Waals surface area contributed by atoms with E-state index in [0.717, 1.165) is 18.4 Å². The molecule has 0 spiro atoms. The van der Waals surface area contributed by atoms with Gasteiger partial charge in [-0.15, -0.1) is 0 Å². The molecule has 1 aliphatic rings. The van der Waals surface area contributed by atoms with Crippen molar-refractivity contribution in [1.82, 2.24) is 10.2 Å². The highest BCUT2D eigenvalue weighted by Crippen LogP contribution is 2.31. The van der Waals surface area contributed by atoms with Gasteiger partial charge in [-0.05, 0) is 30.5 Å². The Hall–Kier alpha value is -2.05. The first-order chi connectivity index (χ1) is 10.3. The maximum absolute atomic E-state index is 12.0. The van der Waals surface area contributed by atoms with Gasteiger partial charge in [-0.1, -0.05) is 12.1 Å². The van der Waals surface area contributed by atoms with Crippen molar-refractivity contribution in [2.45, 2.75) is 25.6 Å². The molecule has 0 aromatic heterocycles. The van der Waals surface area contributed by atoms with E-state index in [4.69, 9.17) is 0 Å². The molecule has 0 saturated heterocycles. The number of rotatable bonds is 5. The first kappa shape index (κ1) is 16.3. The van der Waals surface area contributed by atoms with Gasteiger partial charge >= 0.3 is 6.18 Å². The number of carbonyl (C=O) groups excluding carboxylic acids is 2. The van der Waals surface area contributed by atoms with Gasteiger partial charge in [-0.25, -0.2) is 0 Å². The van der Waals surface area contributed by atoms with Crippen molar-refractivity contribution in [3.63, 3.8) is 0 Å². The molecule has 2 amide bonds. The van der Waals surface area contributed by atoms with Crippen LogP contribution in [-0.2, 0) is 11.3 Å². The summed E-state index contributed by atoms with van der Waals surface area (Å²) in [5.74, 6) is -0.532. The molecule has 120 valence electrons. The molecular formula is C15H17F3N2O2. The molecule has 7 heteroatoms. The lowest BCUT2D eigenvalue weighted by molar-refractivity contribution is -0.131. The third-order valence-electron chi connectivity index (χ3n) is 3.39. The molecule has 0 atom stereocenters. The molecule has 0 bridgehead atoms. The molecule has 1 aromatic rings. The zero-order valence-electron chi connectivity index (χ0n) is 12.1. The van der Waals surface area contributed by atoms with Crippen molar-refractivity contribution < 1.29 is 22.8 Å². The van der Waals surface area contributed by atoms with Crippen LogP contribution in [0, 0.1) is 5.92 Å². The quantitative estimate of drug-likeness (QED) is 0.907. The molecule has 2 rings (SSSR count). The Morgan fingerprint density at radius 3 is 2.32 bits per heavy atom. The SMILES string of the molecule is CN(Cc1ccc(C(=O)NCC(F)(F)F)cc1)C(=O)C1CC1. The van der Waals surface area contributed by atoms with Gasteiger partial charge in [0.1, 0.15) is 6.54 Å². The second kappa shape index (κ2) is 6.37. The Balaban J connectivity index is 1.89. The predicted octanol–water partition coefficient (Wildman–Crippen LogP) is 2.35. The Bertz CT molecular complexity index is 551. The van der Waals surface area contributed by atoms with Gasteiger partial charge in [0.15, 0.2) is 0 Å². The molecule has 4 nitrogen and oxygen atoms in total. The van der Waals surface area contributed by atoms with E-state index in [0.29, 0.717) is 6.54 Å². The van der Waals surface area contributed by atoms with E-state index in [1.807, 2.05) is 5.32 Å². The van der Waals surface area contributed by atoms with Crippen LogP contribution in [0.25, 0.3) is 0 Å². The van der Waals surface area contributed by atoms with Gasteiger partial charge in [0.05, 0.1) is 0 Å². The maximum atomic E-state index is 12.0. The number of carbonyl (C=O) groups is 2. The van der Waals surface area contributed by atoms with Crippen molar-refractivity contribution >= 4 is 11.8 Å². The maximum Gasteiger partial charge on any atom is 0.405 e. The lowest BCUT2D eigenvalue weighted by Crippen LogP contribution is -2.33. The predicted molar refractivity (Wildman–Crippen MR) is 74.0 cm³/mol. The second-order valence-electron chi connectivity index (χ2n) is 5.46. The number of hydrogen-bond acceptors (Lipinski definition) is 2. The lowest BCUT2D eigenvalue weighted by atomic mass is 10.1. The Labute approximate surface area is 126 Å². The summed E-state index contributed by atoms with van der Waals surface area (Å²) >= 11 is 0. The minimum atomic E-state index is -4.43. The minimum Gasteiger partial charge on any atom is -0.343 e. The highest BCUT2D eigenvalue weighted by molar-refractivity contribution is 5.94. The fraction of sp³-hybridized carbons (Fsp3) is 0.467. The van der Waals surface area contributed by atoms with Crippen LogP contribution in [0.1, 0.15) is 28.8 Å². The van der Waals surface area contributed by atoms with Gasteiger partial charge in [0.25, 0.3) is 5.91 Å². The number of halogens is 3. The van der Waals surface area contributed by atoms with Crippen molar-refractivity contribution in [2.75, 3.05) is 13.6 Å². The zero-order chi connectivity index (χ0) is 16.3. The van der Waals surface area contributed by atoms with E-state index < -0.39 is 18.6 Å². The lowest BCUT2D eigenvalue weighted by Gasteiger charge is -2.17. The monoisotopic (exact) mass is 314 g/mol. The van der Waals surface area contributed by atoms with Crippen molar-refractivity contribution in [3.8, 4) is 0 Å². The van der Waals surface area contributed by atoms with Crippen molar-refractivity contribution in [2.24, 2.45) is 5.92 Å². The van der Waals surface area contributed by atoms with E-state index in [-0.39, 0.29) is 17.4 Å².